The van der Waals surface area contributed by atoms with Crippen molar-refractivity contribution in [1.29, 1.82) is 0 Å². The van der Waals surface area contributed by atoms with Gasteiger partial charge in [-0.05, 0) is 37.6 Å². The van der Waals surface area contributed by atoms with Crippen LogP contribution in [0.5, 0.6) is 0 Å². The Bertz CT molecular complexity index is 618. The van der Waals surface area contributed by atoms with Crippen molar-refractivity contribution in [3.8, 4) is 0 Å². The Labute approximate surface area is 125 Å². The van der Waals surface area contributed by atoms with Crippen LogP contribution in [0.15, 0.2) is 30.5 Å². The van der Waals surface area contributed by atoms with Crippen molar-refractivity contribution >= 4 is 10.9 Å². The molecule has 2 heterocycles. The number of benzene rings is 1. The summed E-state index contributed by atoms with van der Waals surface area (Å²) >= 11 is 0. The average Bonchev–Trinajstić information content (AvgIpc) is 2.47. The third-order valence-electron chi connectivity index (χ3n) is 4.28. The molecule has 0 N–H and O–H groups in total. The SMILES string of the molecule is CC(C)N1CCN(Cc2cc(F)cc3cccnc23)CC1. The summed E-state index contributed by atoms with van der Waals surface area (Å²) in [6.45, 7) is 9.47. The minimum atomic E-state index is -0.175. The first-order valence-electron chi connectivity index (χ1n) is 7.63. The van der Waals surface area contributed by atoms with Crippen molar-refractivity contribution in [2.24, 2.45) is 0 Å². The summed E-state index contributed by atoms with van der Waals surface area (Å²) < 4.78 is 13.8. The molecule has 1 saturated heterocycles. The number of nitrogens with zero attached hydrogens (tertiary/aromatic N) is 3. The van der Waals surface area contributed by atoms with Gasteiger partial charge < -0.3 is 0 Å². The van der Waals surface area contributed by atoms with Crippen molar-refractivity contribution in [3.05, 3.63) is 41.8 Å². The van der Waals surface area contributed by atoms with Gasteiger partial charge in [0.05, 0.1) is 5.52 Å². The summed E-state index contributed by atoms with van der Waals surface area (Å²) in [5, 5.41) is 0.883. The molecule has 1 aliphatic heterocycles. The maximum absolute atomic E-state index is 13.8. The van der Waals surface area contributed by atoms with Crippen LogP contribution >= 0.6 is 0 Å². The lowest BCUT2D eigenvalue weighted by Crippen LogP contribution is -2.48. The quantitative estimate of drug-likeness (QED) is 0.865. The molecule has 0 unspecified atom stereocenters. The number of halogens is 1. The molecule has 0 atom stereocenters. The highest BCUT2D eigenvalue weighted by Crippen LogP contribution is 2.20. The molecule has 0 aliphatic carbocycles. The lowest BCUT2D eigenvalue weighted by molar-refractivity contribution is 0.104. The third-order valence-corrected chi connectivity index (χ3v) is 4.28. The Morgan fingerprint density at radius 2 is 1.95 bits per heavy atom. The number of aromatic nitrogens is 1. The average molecular weight is 287 g/mol. The van der Waals surface area contributed by atoms with Gasteiger partial charge in [0.15, 0.2) is 0 Å². The number of fused-ring (bicyclic) bond motifs is 1. The molecule has 21 heavy (non-hydrogen) atoms. The highest BCUT2D eigenvalue weighted by atomic mass is 19.1. The van der Waals surface area contributed by atoms with Crippen molar-refractivity contribution in [2.45, 2.75) is 26.4 Å². The Hall–Kier alpha value is -1.52. The molecule has 1 aromatic heterocycles. The molecule has 1 aromatic carbocycles. The Morgan fingerprint density at radius 1 is 1.19 bits per heavy atom. The lowest BCUT2D eigenvalue weighted by atomic mass is 10.1. The van der Waals surface area contributed by atoms with Gasteiger partial charge in [0.1, 0.15) is 5.82 Å². The topological polar surface area (TPSA) is 19.4 Å². The van der Waals surface area contributed by atoms with Crippen molar-refractivity contribution < 1.29 is 4.39 Å². The van der Waals surface area contributed by atoms with Gasteiger partial charge in [-0.2, -0.15) is 0 Å². The molecule has 0 saturated carbocycles. The summed E-state index contributed by atoms with van der Waals surface area (Å²) in [6, 6.07) is 7.56. The smallest absolute Gasteiger partial charge is 0.124 e. The summed E-state index contributed by atoms with van der Waals surface area (Å²) in [5.41, 5.74) is 1.91. The van der Waals surface area contributed by atoms with Crippen LogP contribution in [-0.4, -0.2) is 47.0 Å². The van der Waals surface area contributed by atoms with Crippen LogP contribution in [0.4, 0.5) is 4.39 Å². The molecule has 0 bridgehead atoms. The number of hydrogen-bond acceptors (Lipinski definition) is 3. The second-order valence-corrected chi connectivity index (χ2v) is 6.05. The van der Waals surface area contributed by atoms with Crippen molar-refractivity contribution in [1.82, 2.24) is 14.8 Å². The van der Waals surface area contributed by atoms with E-state index >= 15 is 0 Å². The molecule has 1 fully saturated rings. The second-order valence-electron chi connectivity index (χ2n) is 6.05. The monoisotopic (exact) mass is 287 g/mol. The zero-order valence-corrected chi connectivity index (χ0v) is 12.7. The van der Waals surface area contributed by atoms with Gasteiger partial charge in [0, 0.05) is 50.3 Å². The fourth-order valence-electron chi connectivity index (χ4n) is 3.03. The van der Waals surface area contributed by atoms with Crippen LogP contribution in [0.3, 0.4) is 0 Å². The number of rotatable bonds is 3. The Balaban J connectivity index is 1.77. The lowest BCUT2D eigenvalue weighted by Gasteiger charge is -2.37. The first-order valence-corrected chi connectivity index (χ1v) is 7.63. The molecule has 3 nitrogen and oxygen atoms in total. The van der Waals surface area contributed by atoms with Gasteiger partial charge in [0.25, 0.3) is 0 Å². The van der Waals surface area contributed by atoms with E-state index in [-0.39, 0.29) is 5.82 Å². The molecule has 0 radical (unpaired) electrons. The maximum Gasteiger partial charge on any atom is 0.124 e. The Kier molecular flexibility index (Phi) is 4.17. The standard InChI is InChI=1S/C17H22FN3/c1-13(2)21-8-6-20(7-9-21)12-15-11-16(18)10-14-4-3-5-19-17(14)15/h3-5,10-11,13H,6-9,12H2,1-2H3. The summed E-state index contributed by atoms with van der Waals surface area (Å²) in [5.74, 6) is -0.175. The van der Waals surface area contributed by atoms with Crippen LogP contribution in [0.25, 0.3) is 10.9 Å². The molecule has 112 valence electrons. The minimum Gasteiger partial charge on any atom is -0.298 e. The van der Waals surface area contributed by atoms with Gasteiger partial charge in [-0.1, -0.05) is 6.07 Å². The van der Waals surface area contributed by atoms with Crippen molar-refractivity contribution in [2.75, 3.05) is 26.2 Å². The zero-order chi connectivity index (χ0) is 14.8. The zero-order valence-electron chi connectivity index (χ0n) is 12.7. The summed E-state index contributed by atoms with van der Waals surface area (Å²) in [7, 11) is 0. The van der Waals surface area contributed by atoms with E-state index in [2.05, 4.69) is 28.6 Å². The van der Waals surface area contributed by atoms with Crippen LogP contribution in [0.1, 0.15) is 19.4 Å². The highest BCUT2D eigenvalue weighted by Gasteiger charge is 2.19. The molecular weight excluding hydrogens is 265 g/mol. The fraction of sp³-hybridized carbons (Fsp3) is 0.471. The van der Waals surface area contributed by atoms with E-state index in [1.54, 1.807) is 18.3 Å². The minimum absolute atomic E-state index is 0.175. The molecule has 3 rings (SSSR count). The number of hydrogen-bond donors (Lipinski definition) is 0. The molecule has 2 aromatic rings. The molecular formula is C17H22FN3. The van der Waals surface area contributed by atoms with Gasteiger partial charge >= 0.3 is 0 Å². The predicted octanol–water partition coefficient (Wildman–Crippen LogP) is 2.90. The van der Waals surface area contributed by atoms with Crippen molar-refractivity contribution in [3.63, 3.8) is 0 Å². The predicted molar refractivity (Wildman–Crippen MR) is 83.7 cm³/mol. The van der Waals surface area contributed by atoms with Gasteiger partial charge in [-0.3, -0.25) is 14.8 Å². The largest absolute Gasteiger partial charge is 0.298 e. The van der Waals surface area contributed by atoms with E-state index in [4.69, 9.17) is 0 Å². The first kappa shape index (κ1) is 14.4. The summed E-state index contributed by atoms with van der Waals surface area (Å²) in [4.78, 5) is 9.30. The van der Waals surface area contributed by atoms with E-state index in [0.717, 1.165) is 49.2 Å². The molecule has 1 aliphatic rings. The highest BCUT2D eigenvalue weighted by molar-refractivity contribution is 5.81. The van der Waals surface area contributed by atoms with Gasteiger partial charge in [-0.15, -0.1) is 0 Å². The molecule has 0 spiro atoms. The van der Waals surface area contributed by atoms with E-state index in [0.29, 0.717) is 6.04 Å². The number of pyridine rings is 1. The molecule has 0 amide bonds. The van der Waals surface area contributed by atoms with E-state index < -0.39 is 0 Å². The van der Waals surface area contributed by atoms with E-state index in [9.17, 15) is 4.39 Å². The first-order chi connectivity index (χ1) is 10.1. The number of piperazine rings is 1. The van der Waals surface area contributed by atoms with E-state index in [1.807, 2.05) is 12.1 Å². The maximum atomic E-state index is 13.8. The Morgan fingerprint density at radius 3 is 2.67 bits per heavy atom. The van der Waals surface area contributed by atoms with Gasteiger partial charge in [-0.25, -0.2) is 4.39 Å². The van der Waals surface area contributed by atoms with Gasteiger partial charge in [0.2, 0.25) is 0 Å². The summed E-state index contributed by atoms with van der Waals surface area (Å²) in [6.07, 6.45) is 1.78. The van der Waals surface area contributed by atoms with Crippen LogP contribution in [-0.2, 0) is 6.54 Å². The van der Waals surface area contributed by atoms with Crippen LogP contribution in [0, 0.1) is 5.82 Å². The normalized spacial score (nSPS) is 17.7. The second kappa shape index (κ2) is 6.08. The third kappa shape index (κ3) is 3.22. The van der Waals surface area contributed by atoms with Crippen LogP contribution < -0.4 is 0 Å². The van der Waals surface area contributed by atoms with E-state index in [1.165, 1.54) is 0 Å². The molecule has 4 heteroatoms. The van der Waals surface area contributed by atoms with Crippen LogP contribution in [0.2, 0.25) is 0 Å². The fourth-order valence-corrected chi connectivity index (χ4v) is 3.03.